The summed E-state index contributed by atoms with van der Waals surface area (Å²) in [6.45, 7) is 3.50. The zero-order chi connectivity index (χ0) is 20.4. The Morgan fingerprint density at radius 2 is 1.90 bits per heavy atom. The normalized spacial score (nSPS) is 17.8. The van der Waals surface area contributed by atoms with Gasteiger partial charge in [-0.1, -0.05) is 18.2 Å². The molecule has 4 rings (SSSR count). The van der Waals surface area contributed by atoms with Gasteiger partial charge < -0.3 is 14.4 Å². The summed E-state index contributed by atoms with van der Waals surface area (Å²) in [5, 5.41) is 0. The van der Waals surface area contributed by atoms with Crippen molar-refractivity contribution >= 4 is 15.8 Å². The molecule has 0 atom stereocenters. The molecule has 2 aliphatic heterocycles. The molecule has 0 radical (unpaired) electrons. The number of morpholine rings is 1. The van der Waals surface area contributed by atoms with Crippen LogP contribution in [0.15, 0.2) is 24.3 Å². The second-order valence-corrected chi connectivity index (χ2v) is 9.31. The fourth-order valence-electron chi connectivity index (χ4n) is 3.84. The summed E-state index contributed by atoms with van der Waals surface area (Å²) in [6, 6.07) is 7.86. The van der Waals surface area contributed by atoms with E-state index < -0.39 is 10.0 Å². The van der Waals surface area contributed by atoms with Gasteiger partial charge in [0.15, 0.2) is 0 Å². The number of sulfonamides is 1. The van der Waals surface area contributed by atoms with Crippen molar-refractivity contribution in [3.63, 3.8) is 0 Å². The number of nitrogens with zero attached hydrogens (tertiary/aromatic N) is 4. The first kappa shape index (κ1) is 20.1. The molecule has 0 N–H and O–H groups in total. The lowest BCUT2D eigenvalue weighted by Gasteiger charge is -2.33. The Labute approximate surface area is 171 Å². The molecule has 8 nitrogen and oxygen atoms in total. The molecule has 1 fully saturated rings. The molecule has 0 unspecified atom stereocenters. The van der Waals surface area contributed by atoms with Crippen molar-refractivity contribution in [2.45, 2.75) is 19.4 Å². The molecule has 0 spiro atoms. The van der Waals surface area contributed by atoms with Gasteiger partial charge in [0.1, 0.15) is 17.4 Å². The van der Waals surface area contributed by atoms with E-state index in [-0.39, 0.29) is 0 Å². The molecule has 1 aromatic heterocycles. The number of methoxy groups -OCH3 is 1. The van der Waals surface area contributed by atoms with Crippen molar-refractivity contribution in [2.24, 2.45) is 0 Å². The summed E-state index contributed by atoms with van der Waals surface area (Å²) >= 11 is 0. The standard InChI is InChI=1S/C20H26N4O4S/c1-27-18-6-4-3-5-15(18)13-19-21-17-7-8-24(29(2,25)26)14-16(17)20(22-19)23-9-11-28-12-10-23/h3-6H,7-14H2,1-2H3. The number of benzene rings is 1. The Morgan fingerprint density at radius 3 is 2.62 bits per heavy atom. The van der Waals surface area contributed by atoms with Gasteiger partial charge >= 0.3 is 0 Å². The van der Waals surface area contributed by atoms with Crippen molar-refractivity contribution in [1.82, 2.24) is 14.3 Å². The first-order valence-electron chi connectivity index (χ1n) is 9.74. The third-order valence-electron chi connectivity index (χ3n) is 5.37. The summed E-state index contributed by atoms with van der Waals surface area (Å²) in [5.74, 6) is 2.36. The molecule has 2 aromatic rings. The summed E-state index contributed by atoms with van der Waals surface area (Å²) in [4.78, 5) is 11.9. The van der Waals surface area contributed by atoms with Crippen LogP contribution in [-0.2, 0) is 34.1 Å². The van der Waals surface area contributed by atoms with E-state index in [1.807, 2.05) is 24.3 Å². The predicted molar refractivity (Wildman–Crippen MR) is 110 cm³/mol. The second kappa shape index (κ2) is 8.25. The van der Waals surface area contributed by atoms with Gasteiger partial charge in [-0.3, -0.25) is 0 Å². The molecule has 0 saturated carbocycles. The lowest BCUT2D eigenvalue weighted by Crippen LogP contribution is -2.41. The number of aromatic nitrogens is 2. The topological polar surface area (TPSA) is 84.9 Å². The third-order valence-corrected chi connectivity index (χ3v) is 6.62. The fourth-order valence-corrected chi connectivity index (χ4v) is 4.63. The van der Waals surface area contributed by atoms with Gasteiger partial charge in [-0.05, 0) is 6.07 Å². The van der Waals surface area contributed by atoms with Crippen LogP contribution in [0.1, 0.15) is 22.6 Å². The SMILES string of the molecule is COc1ccccc1Cc1nc2c(c(N3CCOCC3)n1)CN(S(C)(=O)=O)CC2. The highest BCUT2D eigenvalue weighted by molar-refractivity contribution is 7.88. The average molecular weight is 419 g/mol. The Bertz CT molecular complexity index is 990. The minimum absolute atomic E-state index is 0.315. The van der Waals surface area contributed by atoms with Crippen molar-refractivity contribution in [3.05, 3.63) is 46.9 Å². The number of ether oxygens (including phenoxy) is 2. The first-order valence-corrected chi connectivity index (χ1v) is 11.6. The van der Waals surface area contributed by atoms with E-state index in [1.165, 1.54) is 10.6 Å². The van der Waals surface area contributed by atoms with Gasteiger partial charge in [0, 0.05) is 50.1 Å². The van der Waals surface area contributed by atoms with E-state index in [2.05, 4.69) is 4.90 Å². The summed E-state index contributed by atoms with van der Waals surface area (Å²) in [5.41, 5.74) is 2.87. The molecule has 29 heavy (non-hydrogen) atoms. The molecule has 1 saturated heterocycles. The zero-order valence-electron chi connectivity index (χ0n) is 16.8. The zero-order valence-corrected chi connectivity index (χ0v) is 17.6. The number of fused-ring (bicyclic) bond motifs is 1. The van der Waals surface area contributed by atoms with Gasteiger partial charge in [0.25, 0.3) is 0 Å². The van der Waals surface area contributed by atoms with Crippen LogP contribution < -0.4 is 9.64 Å². The van der Waals surface area contributed by atoms with E-state index in [0.29, 0.717) is 39.1 Å². The average Bonchev–Trinajstić information content (AvgIpc) is 2.73. The third kappa shape index (κ3) is 4.36. The molecule has 0 bridgehead atoms. The summed E-state index contributed by atoms with van der Waals surface area (Å²) in [7, 11) is -1.61. The van der Waals surface area contributed by atoms with Crippen LogP contribution in [0, 0.1) is 0 Å². The molecule has 2 aliphatic rings. The van der Waals surface area contributed by atoms with Gasteiger partial charge in [-0.15, -0.1) is 0 Å². The van der Waals surface area contributed by atoms with Crippen molar-refractivity contribution in [1.29, 1.82) is 0 Å². The quantitative estimate of drug-likeness (QED) is 0.722. The maximum atomic E-state index is 12.1. The molecule has 0 amide bonds. The highest BCUT2D eigenvalue weighted by atomic mass is 32.2. The predicted octanol–water partition coefficient (Wildman–Crippen LogP) is 1.23. The molecule has 9 heteroatoms. The highest BCUT2D eigenvalue weighted by Gasteiger charge is 2.29. The highest BCUT2D eigenvalue weighted by Crippen LogP contribution is 2.29. The number of hydrogen-bond donors (Lipinski definition) is 0. The smallest absolute Gasteiger partial charge is 0.211 e. The summed E-state index contributed by atoms with van der Waals surface area (Å²) in [6.07, 6.45) is 2.40. The second-order valence-electron chi connectivity index (χ2n) is 7.32. The van der Waals surface area contributed by atoms with Gasteiger partial charge in [0.05, 0.1) is 32.3 Å². The number of rotatable bonds is 5. The summed E-state index contributed by atoms with van der Waals surface area (Å²) < 4.78 is 36.7. The van der Waals surface area contributed by atoms with Crippen molar-refractivity contribution < 1.29 is 17.9 Å². The Morgan fingerprint density at radius 1 is 1.14 bits per heavy atom. The van der Waals surface area contributed by atoms with Crippen molar-refractivity contribution in [3.8, 4) is 5.75 Å². The maximum absolute atomic E-state index is 12.1. The van der Waals surface area contributed by atoms with Gasteiger partial charge in [0.2, 0.25) is 10.0 Å². The number of hydrogen-bond acceptors (Lipinski definition) is 7. The molecular formula is C20H26N4O4S. The number of para-hydroxylation sites is 1. The first-order chi connectivity index (χ1) is 14.0. The van der Waals surface area contributed by atoms with Crippen LogP contribution in [-0.4, -0.2) is 68.9 Å². The van der Waals surface area contributed by atoms with Crippen LogP contribution in [0.2, 0.25) is 0 Å². The van der Waals surface area contributed by atoms with E-state index >= 15 is 0 Å². The molecule has 3 heterocycles. The molecule has 1 aromatic carbocycles. The van der Waals surface area contributed by atoms with E-state index in [1.54, 1.807) is 7.11 Å². The van der Waals surface area contributed by atoms with Crippen LogP contribution in [0.4, 0.5) is 5.82 Å². The Kier molecular flexibility index (Phi) is 5.71. The van der Waals surface area contributed by atoms with Gasteiger partial charge in [-0.2, -0.15) is 4.31 Å². The van der Waals surface area contributed by atoms with Crippen LogP contribution in [0.3, 0.4) is 0 Å². The monoisotopic (exact) mass is 418 g/mol. The van der Waals surface area contributed by atoms with E-state index in [0.717, 1.165) is 47.3 Å². The lowest BCUT2D eigenvalue weighted by atomic mass is 10.1. The fraction of sp³-hybridized carbons (Fsp3) is 0.500. The van der Waals surface area contributed by atoms with E-state index in [4.69, 9.17) is 19.4 Å². The minimum atomic E-state index is -3.27. The minimum Gasteiger partial charge on any atom is -0.496 e. The molecule has 156 valence electrons. The van der Waals surface area contributed by atoms with Crippen LogP contribution >= 0.6 is 0 Å². The van der Waals surface area contributed by atoms with Crippen molar-refractivity contribution in [2.75, 3.05) is 51.1 Å². The lowest BCUT2D eigenvalue weighted by molar-refractivity contribution is 0.122. The Hall–Kier alpha value is -2.23. The van der Waals surface area contributed by atoms with Crippen LogP contribution in [0.25, 0.3) is 0 Å². The van der Waals surface area contributed by atoms with Crippen LogP contribution in [0.5, 0.6) is 5.75 Å². The van der Waals surface area contributed by atoms with E-state index in [9.17, 15) is 8.42 Å². The number of anilines is 1. The maximum Gasteiger partial charge on any atom is 0.211 e. The molecule has 0 aliphatic carbocycles. The Balaban J connectivity index is 1.73. The largest absolute Gasteiger partial charge is 0.496 e. The molecular weight excluding hydrogens is 392 g/mol. The van der Waals surface area contributed by atoms with Gasteiger partial charge in [-0.25, -0.2) is 18.4 Å².